The Kier molecular flexibility index (Phi) is 3.75. The summed E-state index contributed by atoms with van der Waals surface area (Å²) < 4.78 is 31.1. The lowest BCUT2D eigenvalue weighted by Gasteiger charge is -2.17. The Morgan fingerprint density at radius 2 is 1.47 bits per heavy atom. The summed E-state index contributed by atoms with van der Waals surface area (Å²) in [5, 5.41) is 8.74. The van der Waals surface area contributed by atoms with Gasteiger partial charge in [0.1, 0.15) is 11.6 Å². The van der Waals surface area contributed by atoms with E-state index in [0.29, 0.717) is 11.1 Å². The van der Waals surface area contributed by atoms with Gasteiger partial charge in [0.15, 0.2) is 6.10 Å². The Hall–Kier alpha value is -2.43. The van der Waals surface area contributed by atoms with E-state index < -0.39 is 23.9 Å². The van der Waals surface area contributed by atoms with Gasteiger partial charge in [0.25, 0.3) is 0 Å². The van der Waals surface area contributed by atoms with Crippen molar-refractivity contribution in [2.24, 2.45) is 0 Å². The minimum Gasteiger partial charge on any atom is -0.450 e. The highest BCUT2D eigenvalue weighted by atomic mass is 19.1. The van der Waals surface area contributed by atoms with Crippen molar-refractivity contribution in [3.05, 3.63) is 71.3 Å². The molecule has 0 aliphatic rings. The molecule has 19 heavy (non-hydrogen) atoms. The molecule has 3 nitrogen and oxygen atoms in total. The monoisotopic (exact) mass is 264 g/mol. The van der Waals surface area contributed by atoms with Gasteiger partial charge in [0.2, 0.25) is 0 Å². The Morgan fingerprint density at radius 3 is 1.84 bits per heavy atom. The summed E-state index contributed by atoms with van der Waals surface area (Å²) in [6, 6.07) is 10.7. The van der Waals surface area contributed by atoms with Crippen LogP contribution >= 0.6 is 0 Å². The fraction of sp³-hybridized carbons (Fsp3) is 0.0714. The molecule has 0 atom stereocenters. The van der Waals surface area contributed by atoms with Gasteiger partial charge in [-0.05, 0) is 24.3 Å². The Labute approximate surface area is 108 Å². The third-order valence-electron chi connectivity index (χ3n) is 2.52. The molecule has 0 heterocycles. The van der Waals surface area contributed by atoms with Gasteiger partial charge in [-0.3, -0.25) is 0 Å². The standard InChI is InChI=1S/C14H10F2O3/c15-11-5-1-3-9(7-11)13(19-14(17)18)10-4-2-6-12(16)8-10/h1-8,13H,(H,17,18). The van der Waals surface area contributed by atoms with Gasteiger partial charge in [0, 0.05) is 11.1 Å². The molecule has 0 aliphatic carbocycles. The number of hydrogen-bond donors (Lipinski definition) is 1. The molecule has 0 amide bonds. The van der Waals surface area contributed by atoms with E-state index in [1.807, 2.05) is 0 Å². The van der Waals surface area contributed by atoms with Crippen LogP contribution in [-0.4, -0.2) is 11.3 Å². The minimum atomic E-state index is -1.52. The zero-order valence-corrected chi connectivity index (χ0v) is 9.72. The third kappa shape index (κ3) is 3.28. The fourth-order valence-electron chi connectivity index (χ4n) is 1.77. The van der Waals surface area contributed by atoms with Crippen molar-refractivity contribution in [1.29, 1.82) is 0 Å². The molecule has 0 saturated carbocycles. The summed E-state index contributed by atoms with van der Waals surface area (Å²) in [4.78, 5) is 10.7. The Morgan fingerprint density at radius 1 is 1.00 bits per heavy atom. The van der Waals surface area contributed by atoms with Crippen molar-refractivity contribution in [2.75, 3.05) is 0 Å². The van der Waals surface area contributed by atoms with Gasteiger partial charge in [-0.2, -0.15) is 0 Å². The van der Waals surface area contributed by atoms with E-state index in [9.17, 15) is 13.6 Å². The average molecular weight is 264 g/mol. The summed E-state index contributed by atoms with van der Waals surface area (Å²) in [6.07, 6.45) is -2.58. The number of benzene rings is 2. The van der Waals surface area contributed by atoms with Gasteiger partial charge in [-0.15, -0.1) is 0 Å². The highest BCUT2D eigenvalue weighted by molar-refractivity contribution is 5.58. The first-order chi connectivity index (χ1) is 9.06. The number of carbonyl (C=O) groups is 1. The van der Waals surface area contributed by atoms with Crippen molar-refractivity contribution >= 4 is 6.16 Å². The molecule has 98 valence electrons. The second kappa shape index (κ2) is 5.48. The van der Waals surface area contributed by atoms with E-state index in [0.717, 1.165) is 12.1 Å². The smallest absolute Gasteiger partial charge is 0.450 e. The van der Waals surface area contributed by atoms with Gasteiger partial charge >= 0.3 is 6.16 Å². The molecule has 5 heteroatoms. The highest BCUT2D eigenvalue weighted by Crippen LogP contribution is 2.27. The van der Waals surface area contributed by atoms with E-state index in [-0.39, 0.29) is 0 Å². The number of carboxylic acid groups (broad SMARTS) is 1. The van der Waals surface area contributed by atoms with Gasteiger partial charge in [-0.25, -0.2) is 13.6 Å². The molecule has 0 fully saturated rings. The molecule has 0 saturated heterocycles. The first kappa shape index (κ1) is 13.0. The zero-order valence-electron chi connectivity index (χ0n) is 9.72. The van der Waals surface area contributed by atoms with Crippen LogP contribution in [0.4, 0.5) is 13.6 Å². The largest absolute Gasteiger partial charge is 0.506 e. The molecule has 2 rings (SSSR count). The highest BCUT2D eigenvalue weighted by Gasteiger charge is 2.19. The molecule has 2 aromatic rings. The molecular formula is C14H10F2O3. The third-order valence-corrected chi connectivity index (χ3v) is 2.52. The van der Waals surface area contributed by atoms with Crippen LogP contribution in [0.25, 0.3) is 0 Å². The van der Waals surface area contributed by atoms with Gasteiger partial charge < -0.3 is 9.84 Å². The Balaban J connectivity index is 2.44. The normalized spacial score (nSPS) is 10.5. The predicted molar refractivity (Wildman–Crippen MR) is 63.8 cm³/mol. The van der Waals surface area contributed by atoms with E-state index >= 15 is 0 Å². The van der Waals surface area contributed by atoms with E-state index in [2.05, 4.69) is 0 Å². The number of hydrogen-bond acceptors (Lipinski definition) is 2. The molecule has 0 radical (unpaired) electrons. The molecule has 0 unspecified atom stereocenters. The van der Waals surface area contributed by atoms with Crippen LogP contribution in [0.1, 0.15) is 17.2 Å². The van der Waals surface area contributed by atoms with Crippen LogP contribution in [0, 0.1) is 11.6 Å². The second-order valence-electron chi connectivity index (χ2n) is 3.87. The molecule has 1 N–H and O–H groups in total. The number of halogens is 2. The summed E-state index contributed by atoms with van der Waals surface area (Å²) >= 11 is 0. The van der Waals surface area contributed by atoms with Crippen LogP contribution in [0.15, 0.2) is 48.5 Å². The maximum Gasteiger partial charge on any atom is 0.506 e. The maximum atomic E-state index is 13.2. The van der Waals surface area contributed by atoms with Crippen molar-refractivity contribution in [1.82, 2.24) is 0 Å². The lowest BCUT2D eigenvalue weighted by Crippen LogP contribution is -2.11. The van der Waals surface area contributed by atoms with Crippen molar-refractivity contribution in [3.63, 3.8) is 0 Å². The lowest BCUT2D eigenvalue weighted by atomic mass is 10.0. The molecular weight excluding hydrogens is 254 g/mol. The second-order valence-corrected chi connectivity index (χ2v) is 3.87. The van der Waals surface area contributed by atoms with Crippen LogP contribution in [0.5, 0.6) is 0 Å². The SMILES string of the molecule is O=C(O)OC(c1cccc(F)c1)c1cccc(F)c1. The molecule has 0 aromatic heterocycles. The van der Waals surface area contributed by atoms with E-state index in [1.54, 1.807) is 0 Å². The topological polar surface area (TPSA) is 46.5 Å². The maximum absolute atomic E-state index is 13.2. The van der Waals surface area contributed by atoms with Crippen LogP contribution in [0.3, 0.4) is 0 Å². The quantitative estimate of drug-likeness (QED) is 0.859. The molecule has 0 bridgehead atoms. The van der Waals surface area contributed by atoms with Crippen LogP contribution < -0.4 is 0 Å². The number of rotatable bonds is 3. The first-order valence-electron chi connectivity index (χ1n) is 5.47. The van der Waals surface area contributed by atoms with E-state index in [1.165, 1.54) is 36.4 Å². The number of ether oxygens (including phenoxy) is 1. The van der Waals surface area contributed by atoms with Crippen molar-refractivity contribution < 1.29 is 23.4 Å². The van der Waals surface area contributed by atoms with Gasteiger partial charge in [0.05, 0.1) is 0 Å². The summed E-state index contributed by atoms with van der Waals surface area (Å²) in [7, 11) is 0. The van der Waals surface area contributed by atoms with Crippen molar-refractivity contribution in [3.8, 4) is 0 Å². The van der Waals surface area contributed by atoms with Crippen molar-refractivity contribution in [2.45, 2.75) is 6.10 Å². The lowest BCUT2D eigenvalue weighted by molar-refractivity contribution is 0.0660. The predicted octanol–water partition coefficient (Wildman–Crippen LogP) is 3.75. The summed E-state index contributed by atoms with van der Waals surface area (Å²) in [6.45, 7) is 0. The fourth-order valence-corrected chi connectivity index (χ4v) is 1.77. The van der Waals surface area contributed by atoms with Gasteiger partial charge in [-0.1, -0.05) is 24.3 Å². The summed E-state index contributed by atoms with van der Waals surface area (Å²) in [5.41, 5.74) is 0.598. The summed E-state index contributed by atoms with van der Waals surface area (Å²) in [5.74, 6) is -1.04. The first-order valence-corrected chi connectivity index (χ1v) is 5.47. The molecule has 2 aromatic carbocycles. The van der Waals surface area contributed by atoms with E-state index in [4.69, 9.17) is 9.84 Å². The minimum absolute atomic E-state index is 0.299. The molecule has 0 aliphatic heterocycles. The molecule has 0 spiro atoms. The Bertz CT molecular complexity index is 553. The van der Waals surface area contributed by atoms with Crippen LogP contribution in [-0.2, 0) is 4.74 Å². The average Bonchev–Trinajstić information content (AvgIpc) is 2.35. The van der Waals surface area contributed by atoms with Crippen LogP contribution in [0.2, 0.25) is 0 Å². The zero-order chi connectivity index (χ0) is 13.8.